The highest BCUT2D eigenvalue weighted by molar-refractivity contribution is 9.10. The lowest BCUT2D eigenvalue weighted by atomic mass is 10.2. The van der Waals surface area contributed by atoms with Gasteiger partial charge < -0.3 is 14.7 Å². The smallest absolute Gasteiger partial charge is 0.410 e. The van der Waals surface area contributed by atoms with Crippen LogP contribution in [0.15, 0.2) is 53.0 Å². The van der Waals surface area contributed by atoms with E-state index in [9.17, 15) is 9.18 Å². The minimum absolute atomic E-state index is 0.141. The summed E-state index contributed by atoms with van der Waals surface area (Å²) in [5.41, 5.74) is 1.62. The maximum atomic E-state index is 13.3. The molecular formula is C17H17BrFNO3. The summed E-state index contributed by atoms with van der Waals surface area (Å²) in [6, 6.07) is 13.9. The van der Waals surface area contributed by atoms with E-state index in [1.807, 2.05) is 30.3 Å². The molecule has 0 heterocycles. The Morgan fingerprint density at radius 1 is 1.17 bits per heavy atom. The van der Waals surface area contributed by atoms with E-state index in [4.69, 9.17) is 9.84 Å². The van der Waals surface area contributed by atoms with Crippen molar-refractivity contribution in [3.8, 4) is 0 Å². The van der Waals surface area contributed by atoms with E-state index in [2.05, 4.69) is 15.9 Å². The van der Waals surface area contributed by atoms with Gasteiger partial charge in [-0.3, -0.25) is 0 Å². The highest BCUT2D eigenvalue weighted by Gasteiger charge is 2.15. The van der Waals surface area contributed by atoms with Crippen LogP contribution in [0.1, 0.15) is 11.1 Å². The topological polar surface area (TPSA) is 49.8 Å². The second kappa shape index (κ2) is 8.64. The number of halogens is 2. The molecule has 1 amide bonds. The molecule has 0 aromatic heterocycles. The van der Waals surface area contributed by atoms with Gasteiger partial charge in [0.2, 0.25) is 0 Å². The summed E-state index contributed by atoms with van der Waals surface area (Å²) in [6.07, 6.45) is -0.525. The summed E-state index contributed by atoms with van der Waals surface area (Å²) in [6.45, 7) is 0.354. The first-order valence-corrected chi connectivity index (χ1v) is 7.90. The van der Waals surface area contributed by atoms with Crippen LogP contribution < -0.4 is 0 Å². The zero-order chi connectivity index (χ0) is 16.7. The molecule has 6 heteroatoms. The van der Waals surface area contributed by atoms with Crippen molar-refractivity contribution in [1.82, 2.24) is 4.90 Å². The third kappa shape index (κ3) is 5.33. The van der Waals surface area contributed by atoms with Gasteiger partial charge in [-0.15, -0.1) is 0 Å². The molecule has 0 aliphatic rings. The van der Waals surface area contributed by atoms with Crippen LogP contribution in [0, 0.1) is 5.82 Å². The molecule has 2 rings (SSSR count). The second-order valence-corrected chi connectivity index (χ2v) is 5.79. The molecule has 4 nitrogen and oxygen atoms in total. The summed E-state index contributed by atoms with van der Waals surface area (Å²) in [7, 11) is 0. The van der Waals surface area contributed by atoms with E-state index < -0.39 is 6.09 Å². The van der Waals surface area contributed by atoms with Crippen LogP contribution in [0.5, 0.6) is 0 Å². The first-order valence-electron chi connectivity index (χ1n) is 7.10. The van der Waals surface area contributed by atoms with Gasteiger partial charge in [-0.2, -0.15) is 0 Å². The zero-order valence-electron chi connectivity index (χ0n) is 12.4. The summed E-state index contributed by atoms with van der Waals surface area (Å²) in [4.78, 5) is 13.5. The third-order valence-corrected chi connectivity index (χ3v) is 3.80. The molecule has 122 valence electrons. The SMILES string of the molecule is O=C(OCc1ccccc1)N(CCO)Cc1ccc(F)c(Br)c1. The Kier molecular flexibility index (Phi) is 6.55. The lowest BCUT2D eigenvalue weighted by molar-refractivity contribution is 0.0859. The molecule has 0 bridgehead atoms. The predicted octanol–water partition coefficient (Wildman–Crippen LogP) is 3.72. The fraction of sp³-hybridized carbons (Fsp3) is 0.235. The largest absolute Gasteiger partial charge is 0.445 e. The van der Waals surface area contributed by atoms with Gasteiger partial charge >= 0.3 is 6.09 Å². The molecule has 0 saturated heterocycles. The number of rotatable bonds is 6. The van der Waals surface area contributed by atoms with Gasteiger partial charge in [0.25, 0.3) is 0 Å². The van der Waals surface area contributed by atoms with Gasteiger partial charge in [-0.05, 0) is 39.2 Å². The minimum Gasteiger partial charge on any atom is -0.445 e. The third-order valence-electron chi connectivity index (χ3n) is 3.19. The summed E-state index contributed by atoms with van der Waals surface area (Å²) >= 11 is 3.11. The van der Waals surface area contributed by atoms with Crippen LogP contribution in [0.3, 0.4) is 0 Å². The number of carbonyl (C=O) groups is 1. The molecule has 0 aliphatic heterocycles. The fourth-order valence-corrected chi connectivity index (χ4v) is 2.45. The van der Waals surface area contributed by atoms with Crippen molar-refractivity contribution in [3.05, 3.63) is 69.9 Å². The molecule has 23 heavy (non-hydrogen) atoms. The summed E-state index contributed by atoms with van der Waals surface area (Å²) in [5, 5.41) is 9.13. The number of hydrogen-bond donors (Lipinski definition) is 1. The van der Waals surface area contributed by atoms with E-state index in [-0.39, 0.29) is 32.1 Å². The van der Waals surface area contributed by atoms with Crippen molar-refractivity contribution >= 4 is 22.0 Å². The molecule has 2 aromatic rings. The predicted molar refractivity (Wildman–Crippen MR) is 88.2 cm³/mol. The minimum atomic E-state index is -0.525. The Morgan fingerprint density at radius 3 is 2.57 bits per heavy atom. The molecule has 2 aromatic carbocycles. The number of amides is 1. The number of aliphatic hydroxyl groups is 1. The average molecular weight is 382 g/mol. The van der Waals surface area contributed by atoms with Crippen molar-refractivity contribution in [2.45, 2.75) is 13.2 Å². The molecule has 0 unspecified atom stereocenters. The van der Waals surface area contributed by atoms with E-state index in [0.717, 1.165) is 11.1 Å². The van der Waals surface area contributed by atoms with E-state index in [1.54, 1.807) is 12.1 Å². The van der Waals surface area contributed by atoms with E-state index in [1.165, 1.54) is 11.0 Å². The van der Waals surface area contributed by atoms with Crippen LogP contribution in [0.4, 0.5) is 9.18 Å². The molecule has 0 spiro atoms. The highest BCUT2D eigenvalue weighted by atomic mass is 79.9. The van der Waals surface area contributed by atoms with Gasteiger partial charge in [0.15, 0.2) is 0 Å². The van der Waals surface area contributed by atoms with Crippen molar-refractivity contribution in [2.75, 3.05) is 13.2 Å². The molecule has 0 aliphatic carbocycles. The maximum Gasteiger partial charge on any atom is 0.410 e. The number of benzene rings is 2. The molecular weight excluding hydrogens is 365 g/mol. The Balaban J connectivity index is 1.99. The van der Waals surface area contributed by atoms with Crippen molar-refractivity contribution < 1.29 is 19.0 Å². The van der Waals surface area contributed by atoms with Crippen molar-refractivity contribution in [1.29, 1.82) is 0 Å². The van der Waals surface area contributed by atoms with Gasteiger partial charge in [-0.1, -0.05) is 36.4 Å². The summed E-state index contributed by atoms with van der Waals surface area (Å²) in [5.74, 6) is -0.367. The Hall–Kier alpha value is -1.92. The van der Waals surface area contributed by atoms with Crippen LogP contribution in [-0.2, 0) is 17.9 Å². The second-order valence-electron chi connectivity index (χ2n) is 4.93. The van der Waals surface area contributed by atoms with E-state index in [0.29, 0.717) is 4.47 Å². The maximum absolute atomic E-state index is 13.3. The van der Waals surface area contributed by atoms with Crippen molar-refractivity contribution in [3.63, 3.8) is 0 Å². The van der Waals surface area contributed by atoms with Crippen LogP contribution >= 0.6 is 15.9 Å². The Morgan fingerprint density at radius 2 is 1.91 bits per heavy atom. The normalized spacial score (nSPS) is 10.4. The van der Waals surface area contributed by atoms with Crippen LogP contribution in [-0.4, -0.2) is 29.3 Å². The van der Waals surface area contributed by atoms with Gasteiger partial charge in [0, 0.05) is 13.1 Å². The number of nitrogens with zero attached hydrogens (tertiary/aromatic N) is 1. The average Bonchev–Trinajstić information content (AvgIpc) is 2.56. The molecule has 0 radical (unpaired) electrons. The van der Waals surface area contributed by atoms with Gasteiger partial charge in [0.05, 0.1) is 11.1 Å². The molecule has 1 N–H and O–H groups in total. The monoisotopic (exact) mass is 381 g/mol. The lowest BCUT2D eigenvalue weighted by Gasteiger charge is -2.21. The number of ether oxygens (including phenoxy) is 1. The van der Waals surface area contributed by atoms with Gasteiger partial charge in [-0.25, -0.2) is 9.18 Å². The first kappa shape index (κ1) is 17.4. The number of hydrogen-bond acceptors (Lipinski definition) is 3. The first-order chi connectivity index (χ1) is 11.1. The van der Waals surface area contributed by atoms with Crippen molar-refractivity contribution in [2.24, 2.45) is 0 Å². The molecule has 0 fully saturated rings. The molecule has 0 saturated carbocycles. The number of aliphatic hydroxyl groups excluding tert-OH is 1. The zero-order valence-corrected chi connectivity index (χ0v) is 14.0. The summed E-state index contributed by atoms with van der Waals surface area (Å²) < 4.78 is 18.8. The Bertz CT molecular complexity index is 652. The van der Waals surface area contributed by atoms with Crippen LogP contribution in [0.2, 0.25) is 0 Å². The van der Waals surface area contributed by atoms with Crippen LogP contribution in [0.25, 0.3) is 0 Å². The lowest BCUT2D eigenvalue weighted by Crippen LogP contribution is -2.33. The Labute approximate surface area is 142 Å². The quantitative estimate of drug-likeness (QED) is 0.829. The fourth-order valence-electron chi connectivity index (χ4n) is 2.02. The highest BCUT2D eigenvalue weighted by Crippen LogP contribution is 2.18. The molecule has 0 atom stereocenters. The van der Waals surface area contributed by atoms with Gasteiger partial charge in [0.1, 0.15) is 12.4 Å². The number of carbonyl (C=O) groups excluding carboxylic acids is 1. The van der Waals surface area contributed by atoms with E-state index >= 15 is 0 Å². The standard InChI is InChI=1S/C17H17BrFNO3/c18-15-10-14(6-7-16(15)19)11-20(8-9-21)17(22)23-12-13-4-2-1-3-5-13/h1-7,10,21H,8-9,11-12H2.